The third-order valence-corrected chi connectivity index (χ3v) is 5.28. The number of methoxy groups -OCH3 is 1. The summed E-state index contributed by atoms with van der Waals surface area (Å²) in [6.45, 7) is 4.54. The molecule has 2 aromatic carbocycles. The van der Waals surface area contributed by atoms with Crippen LogP contribution in [0.2, 0.25) is 0 Å². The van der Waals surface area contributed by atoms with Crippen molar-refractivity contribution in [2.24, 2.45) is 0 Å². The first kappa shape index (κ1) is 18.1. The molecule has 3 rings (SSSR count). The van der Waals surface area contributed by atoms with Crippen molar-refractivity contribution in [2.45, 2.75) is 26.3 Å². The number of fused-ring (bicyclic) bond motifs is 1. The van der Waals surface area contributed by atoms with E-state index in [0.717, 1.165) is 20.8 Å². The fourth-order valence-corrected chi connectivity index (χ4v) is 3.55. The highest BCUT2D eigenvalue weighted by atomic mass is 32.1. The molecule has 3 aromatic rings. The fourth-order valence-electron chi connectivity index (χ4n) is 2.54. The van der Waals surface area contributed by atoms with Crippen molar-refractivity contribution in [3.63, 3.8) is 0 Å². The van der Waals surface area contributed by atoms with Gasteiger partial charge in [0.25, 0.3) is 5.91 Å². The predicted molar refractivity (Wildman–Crippen MR) is 103 cm³/mol. The van der Waals surface area contributed by atoms with Gasteiger partial charge in [-0.3, -0.25) is 4.79 Å². The maximum Gasteiger partial charge on any atom is 0.337 e. The van der Waals surface area contributed by atoms with Gasteiger partial charge in [0.05, 0.1) is 27.9 Å². The topological polar surface area (TPSA) is 68.3 Å². The second-order valence-corrected chi connectivity index (χ2v) is 7.33. The van der Waals surface area contributed by atoms with E-state index in [1.54, 1.807) is 35.6 Å². The molecule has 134 valence electrons. The largest absolute Gasteiger partial charge is 0.465 e. The van der Waals surface area contributed by atoms with E-state index in [4.69, 9.17) is 4.74 Å². The van der Waals surface area contributed by atoms with Crippen molar-refractivity contribution in [3.05, 3.63) is 64.2 Å². The van der Waals surface area contributed by atoms with E-state index in [1.165, 1.54) is 7.11 Å². The van der Waals surface area contributed by atoms with E-state index in [0.29, 0.717) is 23.6 Å². The van der Waals surface area contributed by atoms with Gasteiger partial charge in [0.1, 0.15) is 0 Å². The van der Waals surface area contributed by atoms with Gasteiger partial charge in [0, 0.05) is 18.0 Å². The second-order valence-electron chi connectivity index (χ2n) is 6.26. The Labute approximate surface area is 156 Å². The number of nitrogens with zero attached hydrogens (tertiary/aromatic N) is 1. The summed E-state index contributed by atoms with van der Waals surface area (Å²) in [6, 6.07) is 12.6. The van der Waals surface area contributed by atoms with Crippen molar-refractivity contribution >= 4 is 33.4 Å². The zero-order valence-electron chi connectivity index (χ0n) is 14.9. The number of rotatable bonds is 5. The van der Waals surface area contributed by atoms with Crippen molar-refractivity contribution in [1.82, 2.24) is 10.3 Å². The molecule has 5 nitrogen and oxygen atoms in total. The molecular weight excluding hydrogens is 348 g/mol. The monoisotopic (exact) mass is 368 g/mol. The molecule has 0 saturated carbocycles. The summed E-state index contributed by atoms with van der Waals surface area (Å²) in [7, 11) is 1.34. The van der Waals surface area contributed by atoms with Crippen LogP contribution in [0, 0.1) is 0 Å². The van der Waals surface area contributed by atoms with Crippen LogP contribution in [0.1, 0.15) is 51.1 Å². The molecule has 0 spiro atoms. The van der Waals surface area contributed by atoms with Crippen LogP contribution in [0.15, 0.2) is 42.5 Å². The molecule has 0 saturated heterocycles. The summed E-state index contributed by atoms with van der Waals surface area (Å²) in [5.74, 6) is -0.184. The van der Waals surface area contributed by atoms with Gasteiger partial charge in [-0.1, -0.05) is 26.0 Å². The first-order valence-electron chi connectivity index (χ1n) is 8.34. The maximum absolute atomic E-state index is 12.5. The van der Waals surface area contributed by atoms with E-state index >= 15 is 0 Å². The highest BCUT2D eigenvalue weighted by Gasteiger charge is 2.12. The summed E-state index contributed by atoms with van der Waals surface area (Å²) in [6.07, 6.45) is 0. The summed E-state index contributed by atoms with van der Waals surface area (Å²) in [4.78, 5) is 28.6. The van der Waals surface area contributed by atoms with E-state index in [9.17, 15) is 9.59 Å². The first-order valence-corrected chi connectivity index (χ1v) is 9.15. The maximum atomic E-state index is 12.5. The zero-order valence-corrected chi connectivity index (χ0v) is 15.7. The van der Waals surface area contributed by atoms with Gasteiger partial charge in [-0.05, 0) is 35.9 Å². The lowest BCUT2D eigenvalue weighted by Crippen LogP contribution is -2.22. The van der Waals surface area contributed by atoms with Crippen LogP contribution < -0.4 is 5.32 Å². The van der Waals surface area contributed by atoms with Gasteiger partial charge in [-0.2, -0.15) is 0 Å². The Balaban J connectivity index is 1.72. The minimum Gasteiger partial charge on any atom is -0.465 e. The van der Waals surface area contributed by atoms with Crippen LogP contribution in [-0.2, 0) is 11.3 Å². The Morgan fingerprint density at radius 1 is 1.15 bits per heavy atom. The van der Waals surface area contributed by atoms with Crippen LogP contribution in [0.5, 0.6) is 0 Å². The normalized spacial score (nSPS) is 10.9. The first-order chi connectivity index (χ1) is 12.5. The number of thiazole rings is 1. The summed E-state index contributed by atoms with van der Waals surface area (Å²) < 4.78 is 5.72. The molecule has 1 N–H and O–H groups in total. The van der Waals surface area contributed by atoms with Crippen molar-refractivity contribution < 1.29 is 14.3 Å². The van der Waals surface area contributed by atoms with Gasteiger partial charge >= 0.3 is 5.97 Å². The van der Waals surface area contributed by atoms with Gasteiger partial charge in [-0.25, -0.2) is 9.78 Å². The number of carbonyl (C=O) groups excluding carboxylic acids is 2. The molecule has 0 radical (unpaired) electrons. The quantitative estimate of drug-likeness (QED) is 0.688. The van der Waals surface area contributed by atoms with Gasteiger partial charge < -0.3 is 10.1 Å². The summed E-state index contributed by atoms with van der Waals surface area (Å²) in [5.41, 5.74) is 2.82. The average molecular weight is 368 g/mol. The number of amides is 1. The molecule has 1 amide bonds. The van der Waals surface area contributed by atoms with Crippen molar-refractivity contribution in [1.29, 1.82) is 0 Å². The zero-order chi connectivity index (χ0) is 18.7. The molecule has 26 heavy (non-hydrogen) atoms. The second kappa shape index (κ2) is 7.66. The van der Waals surface area contributed by atoms with Gasteiger partial charge in [0.15, 0.2) is 0 Å². The molecule has 0 bridgehead atoms. The van der Waals surface area contributed by atoms with Crippen LogP contribution in [0.4, 0.5) is 0 Å². The molecule has 1 heterocycles. The lowest BCUT2D eigenvalue weighted by molar-refractivity contribution is 0.0600. The number of carbonyl (C=O) groups is 2. The van der Waals surface area contributed by atoms with Crippen molar-refractivity contribution in [2.75, 3.05) is 7.11 Å². The lowest BCUT2D eigenvalue weighted by Gasteiger charge is -2.07. The molecule has 0 atom stereocenters. The van der Waals surface area contributed by atoms with Gasteiger partial charge in [-0.15, -0.1) is 11.3 Å². The smallest absolute Gasteiger partial charge is 0.337 e. The molecule has 0 aliphatic rings. The Morgan fingerprint density at radius 2 is 1.96 bits per heavy atom. The molecule has 1 aromatic heterocycles. The van der Waals surface area contributed by atoms with E-state index in [1.807, 2.05) is 18.2 Å². The Bertz CT molecular complexity index is 963. The molecular formula is C20H20N2O3S. The number of hydrogen-bond donors (Lipinski definition) is 1. The minimum atomic E-state index is -0.394. The summed E-state index contributed by atoms with van der Waals surface area (Å²) >= 11 is 1.62. The van der Waals surface area contributed by atoms with E-state index < -0.39 is 5.97 Å². The Morgan fingerprint density at radius 3 is 2.69 bits per heavy atom. The molecule has 6 heteroatoms. The molecule has 0 aliphatic heterocycles. The minimum absolute atomic E-state index is 0.158. The Hall–Kier alpha value is -2.73. The molecule has 0 unspecified atom stereocenters. The molecule has 0 fully saturated rings. The summed E-state index contributed by atoms with van der Waals surface area (Å²) in [5, 5.41) is 3.95. The predicted octanol–water partition coefficient (Wildman–Crippen LogP) is 4.14. The van der Waals surface area contributed by atoms with Crippen LogP contribution >= 0.6 is 11.3 Å². The fraction of sp³-hybridized carbons (Fsp3) is 0.250. The third-order valence-electron chi connectivity index (χ3n) is 3.96. The number of benzene rings is 2. The highest BCUT2D eigenvalue weighted by Crippen LogP contribution is 2.27. The van der Waals surface area contributed by atoms with E-state index in [2.05, 4.69) is 24.1 Å². The third kappa shape index (κ3) is 3.91. The average Bonchev–Trinajstić information content (AvgIpc) is 3.09. The van der Waals surface area contributed by atoms with E-state index in [-0.39, 0.29) is 5.91 Å². The SMILES string of the molecule is COC(=O)c1cccc(CNC(=O)c2ccc3nc(C(C)C)sc3c2)c1. The standard InChI is InChI=1S/C20H20N2O3S/c1-12(2)19-22-16-8-7-14(10-17(16)26-19)18(23)21-11-13-5-4-6-15(9-13)20(24)25-3/h4-10,12H,11H2,1-3H3,(H,21,23). The van der Waals surface area contributed by atoms with Gasteiger partial charge in [0.2, 0.25) is 0 Å². The number of hydrogen-bond acceptors (Lipinski definition) is 5. The van der Waals surface area contributed by atoms with Crippen LogP contribution in [0.3, 0.4) is 0 Å². The molecule has 0 aliphatic carbocycles. The van der Waals surface area contributed by atoms with Crippen molar-refractivity contribution in [3.8, 4) is 0 Å². The number of aromatic nitrogens is 1. The number of ether oxygens (including phenoxy) is 1. The lowest BCUT2D eigenvalue weighted by atomic mass is 10.1. The van der Waals surface area contributed by atoms with Crippen LogP contribution in [0.25, 0.3) is 10.2 Å². The highest BCUT2D eigenvalue weighted by molar-refractivity contribution is 7.18. The number of esters is 1. The van der Waals surface area contributed by atoms with Crippen LogP contribution in [-0.4, -0.2) is 24.0 Å². The Kier molecular flexibility index (Phi) is 5.32. The number of nitrogens with one attached hydrogen (secondary N) is 1.